The summed E-state index contributed by atoms with van der Waals surface area (Å²) in [4.78, 5) is 4.67. The molecule has 0 aromatic heterocycles. The maximum absolute atomic E-state index is 5.74. The second-order valence-electron chi connectivity index (χ2n) is 5.99. The van der Waals surface area contributed by atoms with E-state index >= 15 is 0 Å². The smallest absolute Gasteiger partial charge is 0.191 e. The van der Waals surface area contributed by atoms with Crippen LogP contribution >= 0.6 is 0 Å². The molecule has 0 radical (unpaired) electrons. The van der Waals surface area contributed by atoms with Gasteiger partial charge in [-0.1, -0.05) is 42.0 Å². The van der Waals surface area contributed by atoms with Crippen molar-refractivity contribution in [3.8, 4) is 5.75 Å². The van der Waals surface area contributed by atoms with Crippen LogP contribution in [0.15, 0.2) is 53.5 Å². The van der Waals surface area contributed by atoms with E-state index in [2.05, 4.69) is 41.6 Å². The maximum Gasteiger partial charge on any atom is 0.191 e. The van der Waals surface area contributed by atoms with E-state index in [1.54, 1.807) is 7.11 Å². The van der Waals surface area contributed by atoms with Crippen molar-refractivity contribution in [3.05, 3.63) is 65.2 Å². The van der Waals surface area contributed by atoms with Crippen molar-refractivity contribution in [1.82, 2.24) is 10.6 Å². The average molecular weight is 355 g/mol. The van der Waals surface area contributed by atoms with Crippen LogP contribution in [0.25, 0.3) is 0 Å². The molecule has 5 heteroatoms. The number of rotatable bonds is 9. The highest BCUT2D eigenvalue weighted by Crippen LogP contribution is 2.12. The van der Waals surface area contributed by atoms with Gasteiger partial charge in [-0.2, -0.15) is 0 Å². The Bertz CT molecular complexity index is 684. The number of guanidine groups is 1. The van der Waals surface area contributed by atoms with E-state index in [4.69, 9.17) is 9.47 Å². The van der Waals surface area contributed by atoms with Crippen LogP contribution < -0.4 is 15.4 Å². The lowest BCUT2D eigenvalue weighted by Gasteiger charge is -2.13. The van der Waals surface area contributed by atoms with Crippen LogP contribution in [0.3, 0.4) is 0 Å². The molecule has 0 fully saturated rings. The summed E-state index contributed by atoms with van der Waals surface area (Å²) < 4.78 is 11.0. The van der Waals surface area contributed by atoms with Gasteiger partial charge in [-0.05, 0) is 37.1 Å². The molecule has 0 bridgehead atoms. The van der Waals surface area contributed by atoms with E-state index in [0.29, 0.717) is 26.3 Å². The number of aryl methyl sites for hydroxylation is 1. The van der Waals surface area contributed by atoms with Gasteiger partial charge in [-0.15, -0.1) is 0 Å². The fraction of sp³-hybridized carbons (Fsp3) is 0.381. The van der Waals surface area contributed by atoms with Crippen LogP contribution in [0, 0.1) is 6.92 Å². The van der Waals surface area contributed by atoms with Crippen LogP contribution in [0.1, 0.15) is 23.6 Å². The van der Waals surface area contributed by atoms with Crippen molar-refractivity contribution in [2.24, 2.45) is 4.99 Å². The van der Waals surface area contributed by atoms with Crippen LogP contribution in [-0.2, 0) is 17.9 Å². The quantitative estimate of drug-likeness (QED) is 0.412. The van der Waals surface area contributed by atoms with Crippen molar-refractivity contribution in [2.45, 2.75) is 27.0 Å². The standard InChI is InChI=1S/C21H29N3O2/c1-4-22-21(23-13-14-26-20-11-9-17(2)10-12-20)24-15-18-7-5-6-8-19(18)16-25-3/h5-12H,4,13-16H2,1-3H3,(H2,22,23,24). The van der Waals surface area contributed by atoms with Crippen LogP contribution in [-0.4, -0.2) is 32.8 Å². The Labute approximate surface area is 156 Å². The van der Waals surface area contributed by atoms with Gasteiger partial charge in [0.25, 0.3) is 0 Å². The Morgan fingerprint density at radius 3 is 2.42 bits per heavy atom. The molecule has 0 aliphatic rings. The highest BCUT2D eigenvalue weighted by Gasteiger charge is 2.02. The SMILES string of the molecule is CCNC(=NCc1ccccc1COC)NCCOc1ccc(C)cc1. The summed E-state index contributed by atoms with van der Waals surface area (Å²) in [7, 11) is 1.71. The van der Waals surface area contributed by atoms with Gasteiger partial charge in [0, 0.05) is 13.7 Å². The summed E-state index contributed by atoms with van der Waals surface area (Å²) >= 11 is 0. The van der Waals surface area contributed by atoms with E-state index in [1.807, 2.05) is 36.4 Å². The van der Waals surface area contributed by atoms with Gasteiger partial charge in [0.15, 0.2) is 5.96 Å². The molecule has 0 aliphatic carbocycles. The summed E-state index contributed by atoms with van der Waals surface area (Å²) in [5, 5.41) is 6.57. The molecule has 5 nitrogen and oxygen atoms in total. The van der Waals surface area contributed by atoms with Crippen molar-refractivity contribution in [2.75, 3.05) is 26.8 Å². The Morgan fingerprint density at radius 1 is 1.00 bits per heavy atom. The van der Waals surface area contributed by atoms with E-state index in [1.165, 1.54) is 11.1 Å². The molecule has 0 amide bonds. The molecule has 0 saturated carbocycles. The number of nitrogens with zero attached hydrogens (tertiary/aromatic N) is 1. The van der Waals surface area contributed by atoms with E-state index < -0.39 is 0 Å². The lowest BCUT2D eigenvalue weighted by Crippen LogP contribution is -2.39. The second kappa shape index (κ2) is 11.2. The summed E-state index contributed by atoms with van der Waals surface area (Å²) in [5.41, 5.74) is 3.56. The van der Waals surface area contributed by atoms with Crippen molar-refractivity contribution >= 4 is 5.96 Å². The predicted molar refractivity (Wildman–Crippen MR) is 107 cm³/mol. The van der Waals surface area contributed by atoms with Crippen molar-refractivity contribution < 1.29 is 9.47 Å². The van der Waals surface area contributed by atoms with Crippen LogP contribution in [0.2, 0.25) is 0 Å². The van der Waals surface area contributed by atoms with E-state index in [0.717, 1.165) is 23.8 Å². The molecule has 0 atom stereocenters. The summed E-state index contributed by atoms with van der Waals surface area (Å²) in [6, 6.07) is 16.3. The minimum atomic E-state index is 0.577. The minimum absolute atomic E-state index is 0.577. The van der Waals surface area contributed by atoms with Crippen molar-refractivity contribution in [1.29, 1.82) is 0 Å². The predicted octanol–water partition coefficient (Wildman–Crippen LogP) is 3.28. The summed E-state index contributed by atoms with van der Waals surface area (Å²) in [5.74, 6) is 1.67. The lowest BCUT2D eigenvalue weighted by molar-refractivity contribution is 0.184. The molecule has 26 heavy (non-hydrogen) atoms. The fourth-order valence-corrected chi connectivity index (χ4v) is 2.49. The molecular formula is C21H29N3O2. The number of methoxy groups -OCH3 is 1. The molecule has 2 rings (SSSR count). The number of nitrogens with one attached hydrogen (secondary N) is 2. The van der Waals surface area contributed by atoms with Gasteiger partial charge in [0.05, 0.1) is 19.7 Å². The van der Waals surface area contributed by atoms with Crippen LogP contribution in [0.4, 0.5) is 0 Å². The highest BCUT2D eigenvalue weighted by atomic mass is 16.5. The van der Waals surface area contributed by atoms with Gasteiger partial charge in [0.2, 0.25) is 0 Å². The molecule has 0 spiro atoms. The first-order valence-corrected chi connectivity index (χ1v) is 9.00. The monoisotopic (exact) mass is 355 g/mol. The van der Waals surface area contributed by atoms with Gasteiger partial charge in [-0.3, -0.25) is 0 Å². The molecule has 0 saturated heterocycles. The number of hydrogen-bond donors (Lipinski definition) is 2. The molecule has 0 aliphatic heterocycles. The Balaban J connectivity index is 1.85. The first-order chi connectivity index (χ1) is 12.7. The third-order valence-electron chi connectivity index (χ3n) is 3.85. The first kappa shape index (κ1) is 19.8. The van der Waals surface area contributed by atoms with Gasteiger partial charge in [-0.25, -0.2) is 4.99 Å². The minimum Gasteiger partial charge on any atom is -0.492 e. The zero-order valence-corrected chi connectivity index (χ0v) is 15.9. The Morgan fingerprint density at radius 2 is 1.73 bits per heavy atom. The zero-order chi connectivity index (χ0) is 18.6. The van der Waals surface area contributed by atoms with Crippen LogP contribution in [0.5, 0.6) is 5.75 Å². The van der Waals surface area contributed by atoms with Gasteiger partial charge >= 0.3 is 0 Å². The summed E-state index contributed by atoms with van der Waals surface area (Å²) in [6.07, 6.45) is 0. The number of benzene rings is 2. The Hall–Kier alpha value is -2.53. The molecule has 2 aromatic rings. The number of aliphatic imine (C=N–C) groups is 1. The third-order valence-corrected chi connectivity index (χ3v) is 3.85. The third kappa shape index (κ3) is 6.76. The summed E-state index contributed by atoms with van der Waals surface area (Å²) in [6.45, 7) is 7.39. The molecule has 2 aromatic carbocycles. The molecule has 0 heterocycles. The van der Waals surface area contributed by atoms with Gasteiger partial charge < -0.3 is 20.1 Å². The molecule has 140 valence electrons. The zero-order valence-electron chi connectivity index (χ0n) is 15.9. The molecular weight excluding hydrogens is 326 g/mol. The highest BCUT2D eigenvalue weighted by molar-refractivity contribution is 5.79. The fourth-order valence-electron chi connectivity index (χ4n) is 2.49. The van der Waals surface area contributed by atoms with E-state index in [9.17, 15) is 0 Å². The molecule has 0 unspecified atom stereocenters. The number of ether oxygens (including phenoxy) is 2. The topological polar surface area (TPSA) is 54.9 Å². The average Bonchev–Trinajstić information content (AvgIpc) is 2.66. The largest absolute Gasteiger partial charge is 0.492 e. The lowest BCUT2D eigenvalue weighted by atomic mass is 10.1. The Kier molecular flexibility index (Phi) is 8.49. The van der Waals surface area contributed by atoms with Gasteiger partial charge in [0.1, 0.15) is 12.4 Å². The number of hydrogen-bond acceptors (Lipinski definition) is 3. The maximum atomic E-state index is 5.74. The first-order valence-electron chi connectivity index (χ1n) is 9.00. The van der Waals surface area contributed by atoms with Crippen molar-refractivity contribution in [3.63, 3.8) is 0 Å². The molecule has 2 N–H and O–H groups in total. The normalized spacial score (nSPS) is 11.3. The van der Waals surface area contributed by atoms with E-state index in [-0.39, 0.29) is 0 Å². The second-order valence-corrected chi connectivity index (χ2v) is 5.99.